The van der Waals surface area contributed by atoms with Gasteiger partial charge in [0, 0.05) is 26.2 Å². The summed E-state index contributed by atoms with van der Waals surface area (Å²) >= 11 is 0. The highest BCUT2D eigenvalue weighted by Crippen LogP contribution is 2.23. The molecule has 31 heavy (non-hydrogen) atoms. The minimum Gasteiger partial charge on any atom is -0.480 e. The van der Waals surface area contributed by atoms with Crippen LogP contribution in [-0.2, 0) is 0 Å². The first-order valence-electron chi connectivity index (χ1n) is 10.4. The van der Waals surface area contributed by atoms with Gasteiger partial charge in [-0.3, -0.25) is 9.78 Å². The molecule has 1 aromatic carbocycles. The molecule has 4 rings (SSSR count). The maximum Gasteiger partial charge on any atom is 0.293 e. The summed E-state index contributed by atoms with van der Waals surface area (Å²) in [5.41, 5.74) is 2.13. The standard InChI is InChI=1S/C22H27N7O2/c1-15(2)17-7-5-6-8-18(17)29-16(3)24-21(26-29)22(30)28-11-9-27(10-12-28)19-13-23-14-20(25-19)31-4/h5-8,13-15H,9-12H2,1-4H3. The van der Waals surface area contributed by atoms with Gasteiger partial charge in [0.05, 0.1) is 25.2 Å². The Morgan fingerprint density at radius 2 is 1.81 bits per heavy atom. The van der Waals surface area contributed by atoms with E-state index in [4.69, 9.17) is 4.74 Å². The number of methoxy groups -OCH3 is 1. The second kappa shape index (κ2) is 8.71. The normalized spacial score (nSPS) is 14.2. The fourth-order valence-corrected chi connectivity index (χ4v) is 3.75. The van der Waals surface area contributed by atoms with Crippen LogP contribution in [-0.4, -0.2) is 68.8 Å². The first-order valence-corrected chi connectivity index (χ1v) is 10.4. The number of para-hydroxylation sites is 1. The van der Waals surface area contributed by atoms with Gasteiger partial charge in [-0.05, 0) is 24.5 Å². The van der Waals surface area contributed by atoms with Crippen molar-refractivity contribution in [2.24, 2.45) is 0 Å². The van der Waals surface area contributed by atoms with Crippen molar-refractivity contribution >= 4 is 11.7 Å². The zero-order valence-electron chi connectivity index (χ0n) is 18.3. The summed E-state index contributed by atoms with van der Waals surface area (Å²) in [6.07, 6.45) is 3.28. The van der Waals surface area contributed by atoms with Gasteiger partial charge in [0.25, 0.3) is 5.91 Å². The lowest BCUT2D eigenvalue weighted by atomic mass is 10.0. The van der Waals surface area contributed by atoms with Gasteiger partial charge in [0.1, 0.15) is 5.82 Å². The molecule has 0 saturated carbocycles. The number of aromatic nitrogens is 5. The van der Waals surface area contributed by atoms with Gasteiger partial charge in [0.2, 0.25) is 11.7 Å². The quantitative estimate of drug-likeness (QED) is 0.625. The van der Waals surface area contributed by atoms with Crippen LogP contribution in [0.2, 0.25) is 0 Å². The largest absolute Gasteiger partial charge is 0.480 e. The summed E-state index contributed by atoms with van der Waals surface area (Å²) in [5.74, 6) is 2.33. The lowest BCUT2D eigenvalue weighted by Gasteiger charge is -2.34. The molecular weight excluding hydrogens is 394 g/mol. The van der Waals surface area contributed by atoms with Crippen LogP contribution in [0.5, 0.6) is 5.88 Å². The van der Waals surface area contributed by atoms with Crippen molar-refractivity contribution in [3.63, 3.8) is 0 Å². The van der Waals surface area contributed by atoms with E-state index in [2.05, 4.69) is 44.9 Å². The Bertz CT molecular complexity index is 1070. The third kappa shape index (κ3) is 4.21. The molecule has 1 saturated heterocycles. The van der Waals surface area contributed by atoms with Crippen LogP contribution in [0, 0.1) is 6.92 Å². The summed E-state index contributed by atoms with van der Waals surface area (Å²) in [7, 11) is 1.57. The number of carbonyl (C=O) groups is 1. The van der Waals surface area contributed by atoms with E-state index in [0.717, 1.165) is 11.5 Å². The smallest absolute Gasteiger partial charge is 0.293 e. The van der Waals surface area contributed by atoms with E-state index >= 15 is 0 Å². The van der Waals surface area contributed by atoms with Crippen molar-refractivity contribution in [2.45, 2.75) is 26.7 Å². The van der Waals surface area contributed by atoms with Crippen molar-refractivity contribution in [3.05, 3.63) is 53.9 Å². The molecule has 2 aromatic heterocycles. The fourth-order valence-electron chi connectivity index (χ4n) is 3.75. The Balaban J connectivity index is 1.48. The van der Waals surface area contributed by atoms with Crippen LogP contribution < -0.4 is 9.64 Å². The van der Waals surface area contributed by atoms with Crippen LogP contribution >= 0.6 is 0 Å². The Hall–Kier alpha value is -3.49. The van der Waals surface area contributed by atoms with Crippen LogP contribution in [0.1, 0.15) is 41.8 Å². The fraction of sp³-hybridized carbons (Fsp3) is 0.409. The molecule has 1 aliphatic rings. The Labute approximate surface area is 181 Å². The average Bonchev–Trinajstić information content (AvgIpc) is 3.20. The number of rotatable bonds is 5. The van der Waals surface area contributed by atoms with Crippen molar-refractivity contribution in [2.75, 3.05) is 38.2 Å². The second-order valence-corrected chi connectivity index (χ2v) is 7.81. The molecule has 0 spiro atoms. The molecule has 162 valence electrons. The molecule has 3 aromatic rings. The molecule has 0 atom stereocenters. The van der Waals surface area contributed by atoms with E-state index in [1.165, 1.54) is 5.56 Å². The average molecular weight is 422 g/mol. The maximum absolute atomic E-state index is 13.1. The van der Waals surface area contributed by atoms with Crippen LogP contribution in [0.25, 0.3) is 5.69 Å². The lowest BCUT2D eigenvalue weighted by molar-refractivity contribution is 0.0734. The molecule has 9 nitrogen and oxygen atoms in total. The molecule has 0 N–H and O–H groups in total. The van der Waals surface area contributed by atoms with E-state index in [1.807, 2.05) is 25.1 Å². The molecule has 0 unspecified atom stereocenters. The second-order valence-electron chi connectivity index (χ2n) is 7.81. The van der Waals surface area contributed by atoms with E-state index in [0.29, 0.717) is 43.8 Å². The van der Waals surface area contributed by atoms with E-state index in [-0.39, 0.29) is 11.7 Å². The Kier molecular flexibility index (Phi) is 5.83. The summed E-state index contributed by atoms with van der Waals surface area (Å²) in [5, 5.41) is 4.56. The van der Waals surface area contributed by atoms with Crippen molar-refractivity contribution in [1.82, 2.24) is 29.6 Å². The van der Waals surface area contributed by atoms with Crippen molar-refractivity contribution in [1.29, 1.82) is 0 Å². The molecule has 3 heterocycles. The lowest BCUT2D eigenvalue weighted by Crippen LogP contribution is -2.49. The van der Waals surface area contributed by atoms with Crippen LogP contribution in [0.3, 0.4) is 0 Å². The van der Waals surface area contributed by atoms with Gasteiger partial charge < -0.3 is 14.5 Å². The number of piperazine rings is 1. The number of nitrogens with zero attached hydrogens (tertiary/aromatic N) is 7. The minimum atomic E-state index is -0.153. The molecule has 1 amide bonds. The number of carbonyl (C=O) groups excluding carboxylic acids is 1. The highest BCUT2D eigenvalue weighted by atomic mass is 16.5. The number of hydrogen-bond donors (Lipinski definition) is 0. The van der Waals surface area contributed by atoms with Crippen molar-refractivity contribution in [3.8, 4) is 11.6 Å². The highest BCUT2D eigenvalue weighted by molar-refractivity contribution is 5.90. The molecule has 1 aliphatic heterocycles. The Morgan fingerprint density at radius 3 is 2.52 bits per heavy atom. The zero-order valence-corrected chi connectivity index (χ0v) is 18.3. The van der Waals surface area contributed by atoms with Gasteiger partial charge in [0.15, 0.2) is 5.82 Å². The van der Waals surface area contributed by atoms with Crippen LogP contribution in [0.4, 0.5) is 5.82 Å². The van der Waals surface area contributed by atoms with Gasteiger partial charge >= 0.3 is 0 Å². The summed E-state index contributed by atoms with van der Waals surface area (Å²) < 4.78 is 6.92. The first kappa shape index (κ1) is 20.8. The van der Waals surface area contributed by atoms with E-state index in [9.17, 15) is 4.79 Å². The molecule has 1 fully saturated rings. The number of hydrogen-bond acceptors (Lipinski definition) is 7. The number of anilines is 1. The molecule has 0 bridgehead atoms. The highest BCUT2D eigenvalue weighted by Gasteiger charge is 2.27. The number of aryl methyl sites for hydroxylation is 1. The summed E-state index contributed by atoms with van der Waals surface area (Å²) in [6.45, 7) is 8.60. The van der Waals surface area contributed by atoms with Gasteiger partial charge in [-0.15, -0.1) is 5.10 Å². The zero-order chi connectivity index (χ0) is 22.0. The van der Waals surface area contributed by atoms with Gasteiger partial charge in [-0.25, -0.2) is 9.67 Å². The third-order valence-electron chi connectivity index (χ3n) is 5.45. The molecule has 0 aliphatic carbocycles. The Morgan fingerprint density at radius 1 is 1.06 bits per heavy atom. The van der Waals surface area contributed by atoms with Gasteiger partial charge in [-0.2, -0.15) is 4.98 Å². The minimum absolute atomic E-state index is 0.153. The SMILES string of the molecule is COc1cncc(N2CCN(C(=O)c3nc(C)n(-c4ccccc4C(C)C)n3)CC2)n1. The molecule has 9 heteroatoms. The number of amides is 1. The number of benzene rings is 1. The summed E-state index contributed by atoms with van der Waals surface area (Å²) in [4.78, 5) is 30.0. The predicted molar refractivity (Wildman–Crippen MR) is 117 cm³/mol. The summed E-state index contributed by atoms with van der Waals surface area (Å²) in [6, 6.07) is 8.09. The first-order chi connectivity index (χ1) is 15.0. The van der Waals surface area contributed by atoms with Crippen LogP contribution in [0.15, 0.2) is 36.7 Å². The third-order valence-corrected chi connectivity index (χ3v) is 5.45. The number of ether oxygens (including phenoxy) is 1. The maximum atomic E-state index is 13.1. The topological polar surface area (TPSA) is 89.3 Å². The monoisotopic (exact) mass is 421 g/mol. The molecular formula is C22H27N7O2. The van der Waals surface area contributed by atoms with E-state index in [1.54, 1.807) is 29.1 Å². The predicted octanol–water partition coefficient (Wildman–Crippen LogP) is 2.46. The molecule has 0 radical (unpaired) electrons. The van der Waals surface area contributed by atoms with Gasteiger partial charge in [-0.1, -0.05) is 32.0 Å². The van der Waals surface area contributed by atoms with Crippen molar-refractivity contribution < 1.29 is 9.53 Å². The van der Waals surface area contributed by atoms with E-state index < -0.39 is 0 Å².